The lowest BCUT2D eigenvalue weighted by atomic mass is 10.1. The van der Waals surface area contributed by atoms with Crippen molar-refractivity contribution in [2.45, 2.75) is 20.4 Å². The third-order valence-electron chi connectivity index (χ3n) is 4.03. The van der Waals surface area contributed by atoms with Gasteiger partial charge < -0.3 is 14.2 Å². The van der Waals surface area contributed by atoms with E-state index >= 15 is 0 Å². The van der Waals surface area contributed by atoms with Gasteiger partial charge in [0, 0.05) is 17.6 Å². The zero-order chi connectivity index (χ0) is 19.4. The maximum absolute atomic E-state index is 12.3. The Hall–Kier alpha value is -2.86. The molecule has 0 fully saturated rings. The van der Waals surface area contributed by atoms with Crippen molar-refractivity contribution in [2.75, 3.05) is 13.7 Å². The monoisotopic (exact) mass is 385 g/mol. The molecule has 0 aliphatic rings. The smallest absolute Gasteiger partial charge is 0.260 e. The van der Waals surface area contributed by atoms with Gasteiger partial charge in [0.05, 0.1) is 6.54 Å². The van der Waals surface area contributed by atoms with E-state index in [9.17, 15) is 4.79 Å². The molecule has 0 aliphatic carbocycles. The van der Waals surface area contributed by atoms with Gasteiger partial charge in [-0.3, -0.25) is 4.79 Å². The number of carbonyl (C=O) groups excluding carboxylic acids is 1. The molecule has 3 aromatic rings. The maximum Gasteiger partial charge on any atom is 0.260 e. The zero-order valence-corrected chi connectivity index (χ0v) is 16.2. The lowest BCUT2D eigenvalue weighted by Crippen LogP contribution is -2.31. The van der Waals surface area contributed by atoms with Crippen molar-refractivity contribution in [1.82, 2.24) is 15.0 Å². The van der Waals surface area contributed by atoms with Gasteiger partial charge in [-0.15, -0.1) is 0 Å². The summed E-state index contributed by atoms with van der Waals surface area (Å²) in [6.45, 7) is 4.00. The first kappa shape index (κ1) is 18.9. The fraction of sp³-hybridized carbons (Fsp3) is 0.250. The first-order chi connectivity index (χ1) is 12.9. The molecule has 6 nitrogen and oxygen atoms in total. The molecule has 3 rings (SSSR count). The zero-order valence-electron chi connectivity index (χ0n) is 15.4. The normalized spacial score (nSPS) is 10.7. The lowest BCUT2D eigenvalue weighted by molar-refractivity contribution is -0.132. The standard InChI is InChI=1S/C20H20ClN3O3/c1-13-5-4-6-15(9-13)20-22-18(27-23-20)11-24(3)19(25)12-26-17-8-7-16(21)10-14(17)2/h4-10H,11-12H2,1-3H3. The number of rotatable bonds is 6. The van der Waals surface area contributed by atoms with E-state index in [2.05, 4.69) is 10.1 Å². The summed E-state index contributed by atoms with van der Waals surface area (Å²) in [6.07, 6.45) is 0. The molecule has 27 heavy (non-hydrogen) atoms. The highest BCUT2D eigenvalue weighted by atomic mass is 35.5. The Balaban J connectivity index is 1.58. The largest absolute Gasteiger partial charge is 0.483 e. The topological polar surface area (TPSA) is 68.5 Å². The number of ether oxygens (including phenoxy) is 1. The Morgan fingerprint density at radius 2 is 2.04 bits per heavy atom. The van der Waals surface area contributed by atoms with Crippen LogP contribution in [0.2, 0.25) is 5.02 Å². The van der Waals surface area contributed by atoms with Crippen LogP contribution in [0.25, 0.3) is 11.4 Å². The molecule has 0 N–H and O–H groups in total. The van der Waals surface area contributed by atoms with Gasteiger partial charge >= 0.3 is 0 Å². The highest BCUT2D eigenvalue weighted by molar-refractivity contribution is 6.30. The Morgan fingerprint density at radius 1 is 1.22 bits per heavy atom. The molecule has 0 aliphatic heterocycles. The minimum atomic E-state index is -0.195. The molecule has 0 radical (unpaired) electrons. The Kier molecular flexibility index (Phi) is 5.76. The maximum atomic E-state index is 12.3. The number of nitrogens with zero attached hydrogens (tertiary/aromatic N) is 3. The third kappa shape index (κ3) is 4.86. The van der Waals surface area contributed by atoms with Gasteiger partial charge in [0.2, 0.25) is 11.7 Å². The molecule has 0 atom stereocenters. The van der Waals surface area contributed by atoms with Gasteiger partial charge in [0.1, 0.15) is 5.75 Å². The van der Waals surface area contributed by atoms with Gasteiger partial charge in [-0.05, 0) is 43.7 Å². The highest BCUT2D eigenvalue weighted by Crippen LogP contribution is 2.22. The van der Waals surface area contributed by atoms with E-state index in [1.165, 1.54) is 4.90 Å². The summed E-state index contributed by atoms with van der Waals surface area (Å²) in [6, 6.07) is 13.1. The van der Waals surface area contributed by atoms with Crippen LogP contribution in [0.3, 0.4) is 0 Å². The first-order valence-electron chi connectivity index (χ1n) is 8.45. The van der Waals surface area contributed by atoms with Crippen LogP contribution >= 0.6 is 11.6 Å². The summed E-state index contributed by atoms with van der Waals surface area (Å²) < 4.78 is 10.8. The van der Waals surface area contributed by atoms with Crippen molar-refractivity contribution >= 4 is 17.5 Å². The molecule has 1 heterocycles. The average molecular weight is 386 g/mol. The van der Waals surface area contributed by atoms with E-state index in [0.29, 0.717) is 22.5 Å². The van der Waals surface area contributed by atoms with Crippen LogP contribution in [-0.4, -0.2) is 34.6 Å². The first-order valence-corrected chi connectivity index (χ1v) is 8.82. The summed E-state index contributed by atoms with van der Waals surface area (Å²) in [4.78, 5) is 18.1. The summed E-state index contributed by atoms with van der Waals surface area (Å²) in [7, 11) is 1.66. The third-order valence-corrected chi connectivity index (χ3v) is 4.27. The Labute approximate surface area is 162 Å². The van der Waals surface area contributed by atoms with Gasteiger partial charge in [0.25, 0.3) is 5.91 Å². The van der Waals surface area contributed by atoms with E-state index in [4.69, 9.17) is 20.9 Å². The number of hydrogen-bond acceptors (Lipinski definition) is 5. The van der Waals surface area contributed by atoms with Crippen molar-refractivity contribution < 1.29 is 14.1 Å². The molecule has 0 saturated carbocycles. The second-order valence-corrected chi connectivity index (χ2v) is 6.77. The highest BCUT2D eigenvalue weighted by Gasteiger charge is 2.16. The van der Waals surface area contributed by atoms with Crippen molar-refractivity contribution in [1.29, 1.82) is 0 Å². The number of aryl methyl sites for hydroxylation is 2. The fourth-order valence-electron chi connectivity index (χ4n) is 2.54. The van der Waals surface area contributed by atoms with Gasteiger partial charge in [0.15, 0.2) is 6.61 Å². The van der Waals surface area contributed by atoms with E-state index in [-0.39, 0.29) is 19.1 Å². The second-order valence-electron chi connectivity index (χ2n) is 6.33. The Morgan fingerprint density at radius 3 is 2.78 bits per heavy atom. The summed E-state index contributed by atoms with van der Waals surface area (Å²) in [5, 5.41) is 4.61. The molecule has 0 bridgehead atoms. The number of amides is 1. The molecule has 2 aromatic carbocycles. The van der Waals surface area contributed by atoms with E-state index in [1.807, 2.05) is 38.1 Å². The molecular formula is C20H20ClN3O3. The quantitative estimate of drug-likeness (QED) is 0.640. The van der Waals surface area contributed by atoms with Crippen molar-refractivity contribution in [3.05, 3.63) is 64.5 Å². The van der Waals surface area contributed by atoms with Crippen molar-refractivity contribution in [3.8, 4) is 17.1 Å². The molecule has 1 aromatic heterocycles. The van der Waals surface area contributed by atoms with Crippen LogP contribution in [0, 0.1) is 13.8 Å². The lowest BCUT2D eigenvalue weighted by Gasteiger charge is -2.16. The Bertz CT molecular complexity index is 955. The van der Waals surface area contributed by atoms with Gasteiger partial charge in [-0.1, -0.05) is 40.5 Å². The number of halogens is 1. The van der Waals surface area contributed by atoms with E-state index < -0.39 is 0 Å². The number of aromatic nitrogens is 2. The second kappa shape index (κ2) is 8.22. The van der Waals surface area contributed by atoms with Crippen LogP contribution in [0.15, 0.2) is 47.0 Å². The fourth-order valence-corrected chi connectivity index (χ4v) is 2.76. The van der Waals surface area contributed by atoms with Crippen LogP contribution in [0.5, 0.6) is 5.75 Å². The SMILES string of the molecule is Cc1cccc(-c2noc(CN(C)C(=O)COc3ccc(Cl)cc3C)n2)c1. The molecule has 140 valence electrons. The van der Waals surface area contributed by atoms with Crippen LogP contribution in [0.4, 0.5) is 0 Å². The van der Waals surface area contributed by atoms with Crippen LogP contribution < -0.4 is 4.74 Å². The predicted octanol–water partition coefficient (Wildman–Crippen LogP) is 4.04. The van der Waals surface area contributed by atoms with Gasteiger partial charge in [-0.25, -0.2) is 0 Å². The number of hydrogen-bond donors (Lipinski definition) is 0. The molecule has 0 saturated heterocycles. The average Bonchev–Trinajstić information content (AvgIpc) is 3.09. The van der Waals surface area contributed by atoms with Crippen molar-refractivity contribution in [2.24, 2.45) is 0 Å². The van der Waals surface area contributed by atoms with E-state index in [1.54, 1.807) is 25.2 Å². The molecule has 0 spiro atoms. The molecular weight excluding hydrogens is 366 g/mol. The minimum absolute atomic E-state index is 0.0855. The molecule has 7 heteroatoms. The number of benzene rings is 2. The van der Waals surface area contributed by atoms with Crippen LogP contribution in [0.1, 0.15) is 17.0 Å². The summed E-state index contributed by atoms with van der Waals surface area (Å²) >= 11 is 5.92. The van der Waals surface area contributed by atoms with Crippen molar-refractivity contribution in [3.63, 3.8) is 0 Å². The molecule has 0 unspecified atom stereocenters. The summed E-state index contributed by atoms with van der Waals surface area (Å²) in [5.41, 5.74) is 2.86. The van der Waals surface area contributed by atoms with Gasteiger partial charge in [-0.2, -0.15) is 4.98 Å². The van der Waals surface area contributed by atoms with E-state index in [0.717, 1.165) is 16.7 Å². The number of likely N-dealkylation sites (N-methyl/N-ethyl adjacent to an activating group) is 1. The van der Waals surface area contributed by atoms with Crippen LogP contribution in [-0.2, 0) is 11.3 Å². The summed E-state index contributed by atoms with van der Waals surface area (Å²) in [5.74, 6) is 1.30. The minimum Gasteiger partial charge on any atom is -0.483 e. The molecule has 1 amide bonds. The number of carbonyl (C=O) groups is 1. The predicted molar refractivity (Wildman–Crippen MR) is 103 cm³/mol.